The highest BCUT2D eigenvalue weighted by atomic mass is 32.2. The van der Waals surface area contributed by atoms with Gasteiger partial charge in [-0.05, 0) is 69.0 Å². The molecule has 168 valence electrons. The molecule has 0 aliphatic carbocycles. The first-order valence-corrected chi connectivity index (χ1v) is 12.0. The predicted molar refractivity (Wildman–Crippen MR) is 126 cm³/mol. The number of nitrogens with zero attached hydrogens (tertiary/aromatic N) is 5. The monoisotopic (exact) mass is 451 g/mol. The molecule has 2 atom stereocenters. The van der Waals surface area contributed by atoms with Crippen LogP contribution < -0.4 is 4.74 Å². The van der Waals surface area contributed by atoms with Gasteiger partial charge >= 0.3 is 0 Å². The fourth-order valence-corrected chi connectivity index (χ4v) is 5.09. The molecule has 4 rings (SSSR count). The summed E-state index contributed by atoms with van der Waals surface area (Å²) in [5, 5.41) is 9.37. The zero-order valence-corrected chi connectivity index (χ0v) is 19.6. The number of piperidine rings is 1. The number of likely N-dealkylation sites (tertiary alicyclic amines) is 1. The van der Waals surface area contributed by atoms with Crippen molar-refractivity contribution in [3.63, 3.8) is 0 Å². The standard InChI is InChI=1S/C24H29N5O2S/c1-4-19-7-5-6-16-28(19)23(30)17(2)32-24-27-26-22(18-12-14-25-15-13-18)29(24)20-8-10-21(31-3)11-9-20/h8-15,17,19H,4-7,16H2,1-3H3. The Kier molecular flexibility index (Phi) is 7.09. The van der Waals surface area contributed by atoms with Crippen LogP contribution >= 0.6 is 11.8 Å². The van der Waals surface area contributed by atoms with E-state index in [2.05, 4.69) is 27.0 Å². The Hall–Kier alpha value is -2.87. The summed E-state index contributed by atoms with van der Waals surface area (Å²) in [7, 11) is 1.65. The third-order valence-corrected chi connectivity index (χ3v) is 6.94. The Bertz CT molecular complexity index is 1040. The van der Waals surface area contributed by atoms with E-state index in [-0.39, 0.29) is 11.2 Å². The molecular weight excluding hydrogens is 422 g/mol. The van der Waals surface area contributed by atoms with Gasteiger partial charge in [0.1, 0.15) is 5.75 Å². The van der Waals surface area contributed by atoms with E-state index in [9.17, 15) is 4.79 Å². The van der Waals surface area contributed by atoms with Crippen molar-refractivity contribution in [2.24, 2.45) is 0 Å². The molecule has 8 heteroatoms. The Morgan fingerprint density at radius 3 is 2.59 bits per heavy atom. The quantitative estimate of drug-likeness (QED) is 0.489. The lowest BCUT2D eigenvalue weighted by Crippen LogP contribution is -2.46. The van der Waals surface area contributed by atoms with Gasteiger partial charge in [-0.2, -0.15) is 0 Å². The fourth-order valence-electron chi connectivity index (χ4n) is 4.16. The average Bonchev–Trinajstić information content (AvgIpc) is 3.27. The number of ether oxygens (including phenoxy) is 1. The highest BCUT2D eigenvalue weighted by Crippen LogP contribution is 2.32. The van der Waals surface area contributed by atoms with Gasteiger partial charge in [0.2, 0.25) is 5.91 Å². The molecule has 1 aliphatic rings. The minimum absolute atomic E-state index is 0.177. The molecule has 7 nitrogen and oxygen atoms in total. The van der Waals surface area contributed by atoms with Crippen LogP contribution in [0.15, 0.2) is 53.9 Å². The van der Waals surface area contributed by atoms with Crippen LogP contribution in [-0.2, 0) is 4.79 Å². The molecule has 3 aromatic rings. The van der Waals surface area contributed by atoms with E-state index >= 15 is 0 Å². The first kappa shape index (κ1) is 22.3. The van der Waals surface area contributed by atoms with E-state index in [1.165, 1.54) is 18.2 Å². The van der Waals surface area contributed by atoms with E-state index < -0.39 is 0 Å². The summed E-state index contributed by atoms with van der Waals surface area (Å²) in [6.45, 7) is 4.97. The largest absolute Gasteiger partial charge is 0.497 e. The average molecular weight is 452 g/mol. The minimum atomic E-state index is -0.256. The number of amides is 1. The summed E-state index contributed by atoms with van der Waals surface area (Å²) in [6.07, 6.45) is 7.84. The number of carbonyl (C=O) groups excluding carboxylic acids is 1. The molecule has 0 N–H and O–H groups in total. The van der Waals surface area contributed by atoms with E-state index in [0.717, 1.165) is 42.8 Å². The van der Waals surface area contributed by atoms with Crippen LogP contribution in [0.3, 0.4) is 0 Å². The van der Waals surface area contributed by atoms with E-state index in [1.807, 2.05) is 47.9 Å². The summed E-state index contributed by atoms with van der Waals surface area (Å²) in [4.78, 5) is 19.5. The van der Waals surface area contributed by atoms with Gasteiger partial charge in [-0.3, -0.25) is 14.3 Å². The molecule has 2 aromatic heterocycles. The van der Waals surface area contributed by atoms with Crippen LogP contribution in [0, 0.1) is 0 Å². The highest BCUT2D eigenvalue weighted by molar-refractivity contribution is 8.00. The maximum atomic E-state index is 13.3. The first-order chi connectivity index (χ1) is 15.6. The molecule has 3 heterocycles. The van der Waals surface area contributed by atoms with Crippen molar-refractivity contribution in [1.29, 1.82) is 0 Å². The van der Waals surface area contributed by atoms with E-state index in [1.54, 1.807) is 19.5 Å². The molecule has 2 unspecified atom stereocenters. The maximum absolute atomic E-state index is 13.3. The molecule has 32 heavy (non-hydrogen) atoms. The smallest absolute Gasteiger partial charge is 0.236 e. The number of hydrogen-bond donors (Lipinski definition) is 0. The normalized spacial score (nSPS) is 17.2. The van der Waals surface area contributed by atoms with Crippen molar-refractivity contribution >= 4 is 17.7 Å². The number of pyridine rings is 1. The number of methoxy groups -OCH3 is 1. The Morgan fingerprint density at radius 1 is 1.16 bits per heavy atom. The summed E-state index contributed by atoms with van der Waals surface area (Å²) < 4.78 is 7.31. The number of hydrogen-bond acceptors (Lipinski definition) is 6. The zero-order valence-electron chi connectivity index (χ0n) is 18.8. The number of thioether (sulfide) groups is 1. The van der Waals surface area contributed by atoms with Gasteiger partial charge in [0.25, 0.3) is 0 Å². The number of aromatic nitrogens is 4. The molecule has 0 saturated carbocycles. The van der Waals surface area contributed by atoms with Crippen LogP contribution in [0.4, 0.5) is 0 Å². The summed E-state index contributed by atoms with van der Waals surface area (Å²) >= 11 is 1.46. The number of rotatable bonds is 7. The zero-order chi connectivity index (χ0) is 22.5. The third kappa shape index (κ3) is 4.65. The van der Waals surface area contributed by atoms with Gasteiger partial charge in [-0.1, -0.05) is 18.7 Å². The molecule has 1 amide bonds. The van der Waals surface area contributed by atoms with Crippen LogP contribution in [0.2, 0.25) is 0 Å². The second-order valence-electron chi connectivity index (χ2n) is 7.93. The summed E-state index contributed by atoms with van der Waals surface area (Å²) in [5.41, 5.74) is 1.82. The molecule has 1 aromatic carbocycles. The van der Waals surface area contributed by atoms with Crippen molar-refractivity contribution in [3.05, 3.63) is 48.8 Å². The number of carbonyl (C=O) groups is 1. The Morgan fingerprint density at radius 2 is 1.91 bits per heavy atom. The lowest BCUT2D eigenvalue weighted by Gasteiger charge is -2.36. The lowest BCUT2D eigenvalue weighted by molar-refractivity contribution is -0.134. The molecule has 0 radical (unpaired) electrons. The van der Waals surface area contributed by atoms with Gasteiger partial charge in [0.15, 0.2) is 11.0 Å². The molecule has 0 spiro atoms. The molecular formula is C24H29N5O2S. The second-order valence-corrected chi connectivity index (χ2v) is 9.23. The first-order valence-electron chi connectivity index (χ1n) is 11.1. The van der Waals surface area contributed by atoms with Crippen molar-refractivity contribution in [3.8, 4) is 22.8 Å². The van der Waals surface area contributed by atoms with Gasteiger partial charge in [-0.25, -0.2) is 0 Å². The topological polar surface area (TPSA) is 73.1 Å². The van der Waals surface area contributed by atoms with Gasteiger partial charge in [0, 0.05) is 36.2 Å². The van der Waals surface area contributed by atoms with Crippen LogP contribution in [0.1, 0.15) is 39.5 Å². The summed E-state index contributed by atoms with van der Waals surface area (Å²) in [5.74, 6) is 1.67. The fraction of sp³-hybridized carbons (Fsp3) is 0.417. The minimum Gasteiger partial charge on any atom is -0.497 e. The SMILES string of the molecule is CCC1CCCCN1C(=O)C(C)Sc1nnc(-c2ccncc2)n1-c1ccc(OC)cc1. The van der Waals surface area contributed by atoms with Gasteiger partial charge in [0.05, 0.1) is 12.4 Å². The van der Waals surface area contributed by atoms with Crippen molar-refractivity contribution in [2.75, 3.05) is 13.7 Å². The van der Waals surface area contributed by atoms with Crippen molar-refractivity contribution < 1.29 is 9.53 Å². The molecule has 0 bridgehead atoms. The van der Waals surface area contributed by atoms with Crippen LogP contribution in [-0.4, -0.2) is 55.5 Å². The van der Waals surface area contributed by atoms with Crippen molar-refractivity contribution in [2.45, 2.75) is 56.0 Å². The van der Waals surface area contributed by atoms with Gasteiger partial charge < -0.3 is 9.64 Å². The third-order valence-electron chi connectivity index (χ3n) is 5.91. The van der Waals surface area contributed by atoms with Crippen LogP contribution in [0.25, 0.3) is 17.1 Å². The van der Waals surface area contributed by atoms with Crippen LogP contribution in [0.5, 0.6) is 5.75 Å². The summed E-state index contributed by atoms with van der Waals surface area (Å²) in [6, 6.07) is 11.9. The lowest BCUT2D eigenvalue weighted by atomic mass is 10.00. The molecule has 1 aliphatic heterocycles. The van der Waals surface area contributed by atoms with E-state index in [0.29, 0.717) is 17.0 Å². The van der Waals surface area contributed by atoms with E-state index in [4.69, 9.17) is 4.74 Å². The number of benzene rings is 1. The molecule has 1 saturated heterocycles. The highest BCUT2D eigenvalue weighted by Gasteiger charge is 2.30. The second kappa shape index (κ2) is 10.2. The van der Waals surface area contributed by atoms with Crippen molar-refractivity contribution in [1.82, 2.24) is 24.6 Å². The Balaban J connectivity index is 1.66. The van der Waals surface area contributed by atoms with Gasteiger partial charge in [-0.15, -0.1) is 10.2 Å². The predicted octanol–water partition coefficient (Wildman–Crippen LogP) is 4.61. The molecule has 1 fully saturated rings. The maximum Gasteiger partial charge on any atom is 0.236 e. The Labute approximate surface area is 193 Å².